The molecule has 0 radical (unpaired) electrons. The third-order valence-corrected chi connectivity index (χ3v) is 2.39. The summed E-state index contributed by atoms with van der Waals surface area (Å²) < 4.78 is 26.7. The number of hydrogen-bond acceptors (Lipinski definition) is 2. The van der Waals surface area contributed by atoms with Crippen LogP contribution in [0, 0.1) is 11.6 Å². The van der Waals surface area contributed by atoms with Gasteiger partial charge in [0.1, 0.15) is 11.6 Å². The normalized spacial score (nSPS) is 20.8. The van der Waals surface area contributed by atoms with Crippen molar-refractivity contribution in [1.82, 2.24) is 10.6 Å². The lowest BCUT2D eigenvalue weighted by molar-refractivity contribution is 0.401. The first kappa shape index (κ1) is 12.4. The molecule has 1 atom stereocenters. The second kappa shape index (κ2) is 5.39. The quantitative estimate of drug-likeness (QED) is 0.772. The largest absolute Gasteiger partial charge is 0.314 e. The van der Waals surface area contributed by atoms with Gasteiger partial charge in [0.05, 0.1) is 6.04 Å². The zero-order chi connectivity index (χ0) is 9.97. The van der Waals surface area contributed by atoms with E-state index in [-0.39, 0.29) is 24.0 Å². The van der Waals surface area contributed by atoms with Crippen molar-refractivity contribution in [2.75, 3.05) is 19.6 Å². The molecule has 1 aliphatic rings. The van der Waals surface area contributed by atoms with Crippen LogP contribution in [-0.2, 0) is 0 Å². The highest BCUT2D eigenvalue weighted by Crippen LogP contribution is 2.20. The van der Waals surface area contributed by atoms with Crippen LogP contribution >= 0.6 is 12.4 Å². The van der Waals surface area contributed by atoms with Gasteiger partial charge < -0.3 is 10.6 Å². The van der Waals surface area contributed by atoms with Gasteiger partial charge in [0.15, 0.2) is 0 Å². The van der Waals surface area contributed by atoms with E-state index >= 15 is 0 Å². The zero-order valence-corrected chi connectivity index (χ0v) is 8.91. The number of rotatable bonds is 1. The summed E-state index contributed by atoms with van der Waals surface area (Å²) in [5.41, 5.74) is 0.139. The molecule has 5 heteroatoms. The summed E-state index contributed by atoms with van der Waals surface area (Å²) in [5.74, 6) is -0.961. The molecule has 1 fully saturated rings. The van der Waals surface area contributed by atoms with E-state index in [1.807, 2.05) is 0 Å². The average Bonchev–Trinajstić information content (AvgIpc) is 2.19. The SMILES string of the molecule is Cl.Fc1cccc(F)c1[C@H]1CNCCN1. The summed E-state index contributed by atoms with van der Waals surface area (Å²) in [5, 5.41) is 6.17. The molecule has 1 saturated heterocycles. The van der Waals surface area contributed by atoms with Crippen LogP contribution < -0.4 is 10.6 Å². The molecule has 0 amide bonds. The first-order valence-corrected chi connectivity index (χ1v) is 4.67. The Balaban J connectivity index is 0.00000112. The number of piperazine rings is 1. The fraction of sp³-hybridized carbons (Fsp3) is 0.400. The zero-order valence-electron chi connectivity index (χ0n) is 8.09. The van der Waals surface area contributed by atoms with Gasteiger partial charge >= 0.3 is 0 Å². The van der Waals surface area contributed by atoms with Crippen LogP contribution in [0.5, 0.6) is 0 Å². The number of hydrogen-bond donors (Lipinski definition) is 2. The van der Waals surface area contributed by atoms with Gasteiger partial charge in [0.2, 0.25) is 0 Å². The van der Waals surface area contributed by atoms with Gasteiger partial charge in [-0.2, -0.15) is 0 Å². The van der Waals surface area contributed by atoms with Crippen LogP contribution in [0.4, 0.5) is 8.78 Å². The molecule has 84 valence electrons. The van der Waals surface area contributed by atoms with E-state index in [1.165, 1.54) is 18.2 Å². The lowest BCUT2D eigenvalue weighted by Gasteiger charge is -2.25. The van der Waals surface area contributed by atoms with Gasteiger partial charge in [-0.25, -0.2) is 8.78 Å². The van der Waals surface area contributed by atoms with Gasteiger partial charge in [0, 0.05) is 25.2 Å². The summed E-state index contributed by atoms with van der Waals surface area (Å²) in [6.45, 7) is 2.14. The van der Waals surface area contributed by atoms with Crippen molar-refractivity contribution in [2.24, 2.45) is 0 Å². The van der Waals surface area contributed by atoms with Crippen LogP contribution in [0.15, 0.2) is 18.2 Å². The predicted octanol–water partition coefficient (Wildman–Crippen LogP) is 1.62. The second-order valence-electron chi connectivity index (χ2n) is 3.35. The maximum absolute atomic E-state index is 13.3. The van der Waals surface area contributed by atoms with E-state index in [0.29, 0.717) is 6.54 Å². The van der Waals surface area contributed by atoms with Crippen LogP contribution in [0.2, 0.25) is 0 Å². The van der Waals surface area contributed by atoms with Gasteiger partial charge in [0.25, 0.3) is 0 Å². The molecule has 0 aliphatic carbocycles. The summed E-state index contributed by atoms with van der Waals surface area (Å²) in [4.78, 5) is 0. The van der Waals surface area contributed by atoms with Crippen LogP contribution in [0.25, 0.3) is 0 Å². The van der Waals surface area contributed by atoms with E-state index in [1.54, 1.807) is 0 Å². The molecule has 2 nitrogen and oxygen atoms in total. The molecule has 1 aromatic carbocycles. The van der Waals surface area contributed by atoms with Crippen LogP contribution in [0.3, 0.4) is 0 Å². The third-order valence-electron chi connectivity index (χ3n) is 2.39. The molecule has 2 N–H and O–H groups in total. The second-order valence-corrected chi connectivity index (χ2v) is 3.35. The molecular weight excluding hydrogens is 222 g/mol. The van der Waals surface area contributed by atoms with E-state index < -0.39 is 11.6 Å². The van der Waals surface area contributed by atoms with Crippen LogP contribution in [-0.4, -0.2) is 19.6 Å². The summed E-state index contributed by atoms with van der Waals surface area (Å²) >= 11 is 0. The molecule has 1 aromatic rings. The van der Waals surface area contributed by atoms with Crippen molar-refractivity contribution in [1.29, 1.82) is 0 Å². The Morgan fingerprint density at radius 3 is 2.33 bits per heavy atom. The number of benzene rings is 1. The minimum absolute atomic E-state index is 0. The highest BCUT2D eigenvalue weighted by Gasteiger charge is 2.21. The highest BCUT2D eigenvalue weighted by atomic mass is 35.5. The van der Waals surface area contributed by atoms with Crippen molar-refractivity contribution in [3.8, 4) is 0 Å². The fourth-order valence-electron chi connectivity index (χ4n) is 1.70. The van der Waals surface area contributed by atoms with E-state index in [9.17, 15) is 8.78 Å². The monoisotopic (exact) mass is 234 g/mol. The first-order valence-electron chi connectivity index (χ1n) is 4.67. The van der Waals surface area contributed by atoms with Gasteiger partial charge in [-0.3, -0.25) is 0 Å². The predicted molar refractivity (Wildman–Crippen MR) is 57.2 cm³/mol. The smallest absolute Gasteiger partial charge is 0.130 e. The molecular formula is C10H13ClF2N2. The molecule has 1 heterocycles. The number of halogens is 3. The molecule has 0 spiro atoms. The molecule has 1 aliphatic heterocycles. The number of nitrogens with one attached hydrogen (secondary N) is 2. The van der Waals surface area contributed by atoms with Gasteiger partial charge in [-0.1, -0.05) is 6.07 Å². The minimum Gasteiger partial charge on any atom is -0.314 e. The lowest BCUT2D eigenvalue weighted by Crippen LogP contribution is -2.43. The van der Waals surface area contributed by atoms with Crippen molar-refractivity contribution >= 4 is 12.4 Å². The standard InChI is InChI=1S/C10H12F2N2.ClH/c11-7-2-1-3-8(12)10(7)9-6-13-4-5-14-9;/h1-3,9,13-14H,4-6H2;1H/t9-;/m1./s1. The summed E-state index contributed by atoms with van der Waals surface area (Å²) in [6.07, 6.45) is 0. The molecule has 2 rings (SSSR count). The van der Waals surface area contributed by atoms with Gasteiger partial charge in [-0.05, 0) is 12.1 Å². The van der Waals surface area contributed by atoms with E-state index in [4.69, 9.17) is 0 Å². The Bertz CT molecular complexity index is 307. The van der Waals surface area contributed by atoms with Crippen molar-refractivity contribution in [2.45, 2.75) is 6.04 Å². The van der Waals surface area contributed by atoms with E-state index in [2.05, 4.69) is 10.6 Å². The third kappa shape index (κ3) is 2.65. The average molecular weight is 235 g/mol. The minimum atomic E-state index is -0.480. The summed E-state index contributed by atoms with van der Waals surface area (Å²) in [6, 6.07) is 3.69. The van der Waals surface area contributed by atoms with Crippen molar-refractivity contribution in [3.05, 3.63) is 35.4 Å². The van der Waals surface area contributed by atoms with Crippen LogP contribution in [0.1, 0.15) is 11.6 Å². The lowest BCUT2D eigenvalue weighted by atomic mass is 10.0. The Hall–Kier alpha value is -0.710. The Morgan fingerprint density at radius 1 is 1.13 bits per heavy atom. The van der Waals surface area contributed by atoms with Crippen molar-refractivity contribution < 1.29 is 8.78 Å². The first-order chi connectivity index (χ1) is 6.79. The molecule has 15 heavy (non-hydrogen) atoms. The van der Waals surface area contributed by atoms with Gasteiger partial charge in [-0.15, -0.1) is 12.4 Å². The highest BCUT2D eigenvalue weighted by molar-refractivity contribution is 5.85. The Kier molecular flexibility index (Phi) is 4.45. The Morgan fingerprint density at radius 2 is 1.80 bits per heavy atom. The Labute approximate surface area is 93.5 Å². The molecule has 0 aromatic heterocycles. The molecule has 0 saturated carbocycles. The maximum Gasteiger partial charge on any atom is 0.130 e. The fourth-order valence-corrected chi connectivity index (χ4v) is 1.70. The maximum atomic E-state index is 13.3. The van der Waals surface area contributed by atoms with Crippen molar-refractivity contribution in [3.63, 3.8) is 0 Å². The van der Waals surface area contributed by atoms with E-state index in [0.717, 1.165) is 13.1 Å². The summed E-state index contributed by atoms with van der Waals surface area (Å²) in [7, 11) is 0. The topological polar surface area (TPSA) is 24.1 Å². The molecule has 0 unspecified atom stereocenters. The molecule has 0 bridgehead atoms.